The maximum Gasteiger partial charge on any atom is 0.264 e. The van der Waals surface area contributed by atoms with Crippen LogP contribution >= 0.6 is 35.0 Å². The Kier molecular flexibility index (Phi) is 9.09. The number of hydrogen-bond donors (Lipinski definition) is 1. The molecule has 0 aliphatic carbocycles. The highest BCUT2D eigenvalue weighted by molar-refractivity contribution is 7.98. The summed E-state index contributed by atoms with van der Waals surface area (Å²) in [6, 6.07) is 20.6. The summed E-state index contributed by atoms with van der Waals surface area (Å²) in [4.78, 5) is 12.8. The molecule has 0 aromatic heterocycles. The Labute approximate surface area is 209 Å². The third-order valence-electron chi connectivity index (χ3n) is 4.76. The molecule has 0 fully saturated rings. The molecule has 0 aliphatic heterocycles. The molecule has 1 N–H and O–H groups in total. The van der Waals surface area contributed by atoms with Crippen molar-refractivity contribution in [3.8, 4) is 0 Å². The topological polar surface area (TPSA) is 66.5 Å². The molecule has 9 heteroatoms. The van der Waals surface area contributed by atoms with Crippen LogP contribution in [0.15, 0.2) is 77.7 Å². The van der Waals surface area contributed by atoms with Gasteiger partial charge in [0.05, 0.1) is 20.6 Å². The van der Waals surface area contributed by atoms with E-state index in [0.29, 0.717) is 28.0 Å². The van der Waals surface area contributed by atoms with Crippen molar-refractivity contribution in [2.24, 2.45) is 0 Å². The van der Waals surface area contributed by atoms with Gasteiger partial charge in [-0.25, -0.2) is 8.42 Å². The van der Waals surface area contributed by atoms with Crippen molar-refractivity contribution in [2.75, 3.05) is 23.1 Å². The van der Waals surface area contributed by atoms with Gasteiger partial charge in [-0.05, 0) is 48.9 Å². The molecule has 0 heterocycles. The Bertz CT molecular complexity index is 1190. The van der Waals surface area contributed by atoms with Crippen LogP contribution in [0.4, 0.5) is 5.69 Å². The van der Waals surface area contributed by atoms with Gasteiger partial charge in [0.15, 0.2) is 0 Å². The second-order valence-corrected chi connectivity index (χ2v) is 11.1. The zero-order valence-electron chi connectivity index (χ0n) is 18.0. The van der Waals surface area contributed by atoms with Gasteiger partial charge in [-0.15, -0.1) is 0 Å². The minimum atomic E-state index is -3.90. The molecule has 3 rings (SSSR count). The molecule has 3 aromatic carbocycles. The molecular weight excluding hydrogens is 499 g/mol. The van der Waals surface area contributed by atoms with Crippen molar-refractivity contribution in [1.29, 1.82) is 0 Å². The molecule has 0 atom stereocenters. The van der Waals surface area contributed by atoms with Gasteiger partial charge in [0, 0.05) is 18.1 Å². The molecule has 5 nitrogen and oxygen atoms in total. The number of sulfonamides is 1. The standard InChI is InChI=1S/C24H24Cl2N2O3S2/c1-18-7-10-20(11-8-18)28(33(30,31)21-5-3-2-4-6-21)16-24(29)27-13-14-32-17-19-9-12-22(25)23(26)15-19/h2-12,15H,13-14,16-17H2,1H3,(H,27,29). The van der Waals surface area contributed by atoms with E-state index < -0.39 is 10.0 Å². The van der Waals surface area contributed by atoms with Crippen LogP contribution < -0.4 is 9.62 Å². The first kappa shape index (κ1) is 25.4. The Hall–Kier alpha value is -2.19. The van der Waals surface area contributed by atoms with Crippen LogP contribution in [0.2, 0.25) is 10.0 Å². The number of halogens is 2. The van der Waals surface area contributed by atoms with E-state index in [9.17, 15) is 13.2 Å². The number of carbonyl (C=O) groups is 1. The van der Waals surface area contributed by atoms with Gasteiger partial charge in [0.1, 0.15) is 6.54 Å². The summed E-state index contributed by atoms with van der Waals surface area (Å²) in [5.41, 5.74) is 2.48. The molecule has 1 amide bonds. The van der Waals surface area contributed by atoms with Gasteiger partial charge in [-0.3, -0.25) is 9.10 Å². The van der Waals surface area contributed by atoms with Crippen LogP contribution in [0, 0.1) is 6.92 Å². The number of nitrogens with one attached hydrogen (secondary N) is 1. The van der Waals surface area contributed by atoms with Gasteiger partial charge in [-0.2, -0.15) is 11.8 Å². The van der Waals surface area contributed by atoms with Crippen molar-refractivity contribution >= 4 is 56.6 Å². The summed E-state index contributed by atoms with van der Waals surface area (Å²) in [5.74, 6) is 1.03. The summed E-state index contributed by atoms with van der Waals surface area (Å²) in [7, 11) is -3.90. The van der Waals surface area contributed by atoms with E-state index in [2.05, 4.69) is 5.32 Å². The van der Waals surface area contributed by atoms with E-state index in [0.717, 1.165) is 21.2 Å². The van der Waals surface area contributed by atoms with Gasteiger partial charge in [0.25, 0.3) is 10.0 Å². The number of aryl methyl sites for hydroxylation is 1. The molecule has 0 radical (unpaired) electrons. The van der Waals surface area contributed by atoms with Crippen LogP contribution in [-0.2, 0) is 20.6 Å². The molecule has 33 heavy (non-hydrogen) atoms. The maximum absolute atomic E-state index is 13.3. The minimum Gasteiger partial charge on any atom is -0.354 e. The number of carbonyl (C=O) groups excluding carboxylic acids is 1. The fourth-order valence-electron chi connectivity index (χ4n) is 3.01. The first-order valence-corrected chi connectivity index (χ1v) is 13.6. The number of hydrogen-bond acceptors (Lipinski definition) is 4. The quantitative estimate of drug-likeness (QED) is 0.354. The van der Waals surface area contributed by atoms with Crippen molar-refractivity contribution in [2.45, 2.75) is 17.6 Å². The van der Waals surface area contributed by atoms with Crippen LogP contribution in [0.1, 0.15) is 11.1 Å². The van der Waals surface area contributed by atoms with Crippen molar-refractivity contribution < 1.29 is 13.2 Å². The third kappa shape index (κ3) is 7.14. The van der Waals surface area contributed by atoms with Gasteiger partial charge < -0.3 is 5.32 Å². The second-order valence-electron chi connectivity index (χ2n) is 7.31. The molecular formula is C24H24Cl2N2O3S2. The van der Waals surface area contributed by atoms with Gasteiger partial charge in [-0.1, -0.05) is 65.2 Å². The maximum atomic E-state index is 13.3. The van der Waals surface area contributed by atoms with E-state index in [1.807, 2.05) is 31.2 Å². The summed E-state index contributed by atoms with van der Waals surface area (Å²) in [6.45, 7) is 2.03. The second kappa shape index (κ2) is 11.8. The summed E-state index contributed by atoms with van der Waals surface area (Å²) in [6.07, 6.45) is 0. The fourth-order valence-corrected chi connectivity index (χ4v) is 5.58. The predicted molar refractivity (Wildman–Crippen MR) is 138 cm³/mol. The zero-order chi connectivity index (χ0) is 23.8. The van der Waals surface area contributed by atoms with Crippen molar-refractivity contribution in [1.82, 2.24) is 5.32 Å². The smallest absolute Gasteiger partial charge is 0.264 e. The molecule has 3 aromatic rings. The van der Waals surface area contributed by atoms with E-state index >= 15 is 0 Å². The Morgan fingerprint density at radius 1 is 0.970 bits per heavy atom. The molecule has 0 saturated heterocycles. The number of thioether (sulfide) groups is 1. The van der Waals surface area contributed by atoms with Crippen LogP contribution in [0.25, 0.3) is 0 Å². The van der Waals surface area contributed by atoms with Gasteiger partial charge >= 0.3 is 0 Å². The number of rotatable bonds is 10. The Morgan fingerprint density at radius 3 is 2.33 bits per heavy atom. The average Bonchev–Trinajstić information content (AvgIpc) is 2.81. The third-order valence-corrected chi connectivity index (χ3v) is 8.32. The lowest BCUT2D eigenvalue weighted by Gasteiger charge is -2.24. The molecule has 174 valence electrons. The molecule has 0 spiro atoms. The Balaban J connectivity index is 1.60. The van der Waals surface area contributed by atoms with Gasteiger partial charge in [0.2, 0.25) is 5.91 Å². The van der Waals surface area contributed by atoms with Crippen molar-refractivity contribution in [3.63, 3.8) is 0 Å². The number of benzene rings is 3. The molecule has 0 bridgehead atoms. The predicted octanol–water partition coefficient (Wildman–Crippen LogP) is 5.55. The lowest BCUT2D eigenvalue weighted by molar-refractivity contribution is -0.119. The summed E-state index contributed by atoms with van der Waals surface area (Å²) < 4.78 is 27.7. The highest BCUT2D eigenvalue weighted by Crippen LogP contribution is 2.25. The van der Waals surface area contributed by atoms with Crippen molar-refractivity contribution in [3.05, 3.63) is 94.0 Å². The first-order valence-electron chi connectivity index (χ1n) is 10.2. The van der Waals surface area contributed by atoms with Crippen LogP contribution in [0.3, 0.4) is 0 Å². The lowest BCUT2D eigenvalue weighted by Crippen LogP contribution is -2.41. The Morgan fingerprint density at radius 2 is 1.67 bits per heavy atom. The van der Waals surface area contributed by atoms with E-state index in [4.69, 9.17) is 23.2 Å². The average molecular weight is 524 g/mol. The van der Waals surface area contributed by atoms with E-state index in [1.54, 1.807) is 48.2 Å². The molecule has 0 aliphatic rings. The number of amides is 1. The van der Waals surface area contributed by atoms with Crippen LogP contribution in [0.5, 0.6) is 0 Å². The number of nitrogens with zero attached hydrogens (tertiary/aromatic N) is 1. The number of anilines is 1. The minimum absolute atomic E-state index is 0.135. The summed E-state index contributed by atoms with van der Waals surface area (Å²) in [5, 5.41) is 3.84. The van der Waals surface area contributed by atoms with Crippen LogP contribution in [-0.4, -0.2) is 33.2 Å². The summed E-state index contributed by atoms with van der Waals surface area (Å²) >= 11 is 13.6. The zero-order valence-corrected chi connectivity index (χ0v) is 21.1. The largest absolute Gasteiger partial charge is 0.354 e. The fraction of sp³-hybridized carbons (Fsp3) is 0.208. The lowest BCUT2D eigenvalue weighted by atomic mass is 10.2. The molecule has 0 unspecified atom stereocenters. The van der Waals surface area contributed by atoms with E-state index in [-0.39, 0.29) is 17.3 Å². The molecule has 0 saturated carbocycles. The monoisotopic (exact) mass is 522 g/mol. The highest BCUT2D eigenvalue weighted by Gasteiger charge is 2.26. The highest BCUT2D eigenvalue weighted by atomic mass is 35.5. The normalized spacial score (nSPS) is 11.2. The SMILES string of the molecule is Cc1ccc(N(CC(=O)NCCSCc2ccc(Cl)c(Cl)c2)S(=O)(=O)c2ccccc2)cc1. The van der Waals surface area contributed by atoms with E-state index in [1.165, 1.54) is 12.1 Å². The first-order chi connectivity index (χ1) is 15.8.